The number of hydrogen-bond acceptors (Lipinski definition) is 5. The highest BCUT2D eigenvalue weighted by molar-refractivity contribution is 6.23. The molecular formula is C14H14ClN3O4. The molecule has 7 nitrogen and oxygen atoms in total. The van der Waals surface area contributed by atoms with Crippen LogP contribution in [0.25, 0.3) is 0 Å². The highest BCUT2D eigenvalue weighted by Gasteiger charge is 2.38. The molecule has 0 spiro atoms. The minimum Gasteiger partial charge on any atom is -0.496 e. The molecule has 0 unspecified atom stereocenters. The van der Waals surface area contributed by atoms with Crippen molar-refractivity contribution in [2.45, 2.75) is 0 Å². The van der Waals surface area contributed by atoms with E-state index >= 15 is 0 Å². The average molecular weight is 324 g/mol. The van der Waals surface area contributed by atoms with Gasteiger partial charge in [-0.05, 0) is 24.3 Å². The summed E-state index contributed by atoms with van der Waals surface area (Å²) in [4.78, 5) is 28.5. The summed E-state index contributed by atoms with van der Waals surface area (Å²) in [6.45, 7) is 0. The van der Waals surface area contributed by atoms with Crippen molar-refractivity contribution in [3.63, 3.8) is 0 Å². The van der Waals surface area contributed by atoms with Gasteiger partial charge in [0.15, 0.2) is 0 Å². The van der Waals surface area contributed by atoms with E-state index in [1.807, 2.05) is 0 Å². The summed E-state index contributed by atoms with van der Waals surface area (Å²) in [5.41, 5.74) is 3.99. The third-order valence-electron chi connectivity index (χ3n) is 3.02. The monoisotopic (exact) mass is 323 g/mol. The smallest absolute Gasteiger partial charge is 0.284 e. The zero-order chi connectivity index (χ0) is 14.1. The van der Waals surface area contributed by atoms with Crippen LogP contribution >= 0.6 is 12.4 Å². The Hall–Kier alpha value is -2.64. The molecule has 0 radical (unpaired) electrons. The Kier molecular flexibility index (Phi) is 5.44. The van der Waals surface area contributed by atoms with Gasteiger partial charge in [0.1, 0.15) is 5.75 Å². The fourth-order valence-electron chi connectivity index (χ4n) is 2.08. The topological polar surface area (TPSA) is 103 Å². The number of halogens is 1. The average Bonchev–Trinajstić information content (AvgIpc) is 2.73. The van der Waals surface area contributed by atoms with Crippen LogP contribution < -0.4 is 10.2 Å². The number of nitrogens with zero attached hydrogens (tertiary/aromatic N) is 2. The van der Waals surface area contributed by atoms with Crippen LogP contribution in [-0.4, -0.2) is 34.4 Å². The molecule has 0 fully saturated rings. The number of hydrazine groups is 1. The van der Waals surface area contributed by atoms with E-state index in [9.17, 15) is 9.59 Å². The molecule has 2 aromatic rings. The van der Waals surface area contributed by atoms with E-state index in [2.05, 4.69) is 10.4 Å². The Morgan fingerprint density at radius 1 is 1.09 bits per heavy atom. The molecule has 0 bridgehead atoms. The first-order valence-electron chi connectivity index (χ1n) is 5.95. The van der Waals surface area contributed by atoms with Crippen molar-refractivity contribution in [3.05, 3.63) is 53.9 Å². The predicted octanol–water partition coefficient (Wildman–Crippen LogP) is 1.31. The van der Waals surface area contributed by atoms with Crippen LogP contribution in [0.4, 0.5) is 5.69 Å². The lowest BCUT2D eigenvalue weighted by Gasteiger charge is -2.16. The zero-order valence-electron chi connectivity index (χ0n) is 11.6. The summed E-state index contributed by atoms with van der Waals surface area (Å²) in [5, 5.41) is 0.975. The Morgan fingerprint density at radius 2 is 1.77 bits per heavy atom. The quantitative estimate of drug-likeness (QED) is 0.858. The van der Waals surface area contributed by atoms with Crippen LogP contribution in [0.1, 0.15) is 20.7 Å². The molecule has 0 aliphatic carbocycles. The second-order valence-electron chi connectivity index (χ2n) is 4.18. The first-order chi connectivity index (χ1) is 9.72. The number of anilines is 1. The summed E-state index contributed by atoms with van der Waals surface area (Å²) in [5.74, 6) is -0.445. The van der Waals surface area contributed by atoms with Gasteiger partial charge in [-0.3, -0.25) is 20.0 Å². The third kappa shape index (κ3) is 2.72. The first kappa shape index (κ1) is 17.4. The summed E-state index contributed by atoms with van der Waals surface area (Å²) in [6, 6.07) is 8.27. The van der Waals surface area contributed by atoms with Crippen molar-refractivity contribution in [3.8, 4) is 5.75 Å². The van der Waals surface area contributed by atoms with Crippen LogP contribution in [0.3, 0.4) is 0 Å². The Balaban J connectivity index is 0.00000121. The summed E-state index contributed by atoms with van der Waals surface area (Å²) in [7, 11) is 1.46. The van der Waals surface area contributed by atoms with Crippen LogP contribution in [0.2, 0.25) is 0 Å². The number of aromatic nitrogens is 1. The number of carbonyl (C=O) groups is 2. The Labute approximate surface area is 132 Å². The minimum absolute atomic E-state index is 0. The summed E-state index contributed by atoms with van der Waals surface area (Å²) >= 11 is 0. The van der Waals surface area contributed by atoms with Gasteiger partial charge in [0.05, 0.1) is 23.9 Å². The van der Waals surface area contributed by atoms with Crippen molar-refractivity contribution in [1.29, 1.82) is 0 Å². The van der Waals surface area contributed by atoms with E-state index in [0.29, 0.717) is 17.0 Å². The zero-order valence-corrected chi connectivity index (χ0v) is 12.4. The number of methoxy groups -OCH3 is 1. The number of hydrogen-bond donors (Lipinski definition) is 1. The molecule has 1 aromatic carbocycles. The van der Waals surface area contributed by atoms with Crippen LogP contribution in [0.15, 0.2) is 42.7 Å². The molecule has 116 valence electrons. The second kappa shape index (κ2) is 6.88. The second-order valence-corrected chi connectivity index (χ2v) is 4.18. The van der Waals surface area contributed by atoms with Crippen molar-refractivity contribution in [2.24, 2.45) is 0 Å². The number of ether oxygens (including phenoxy) is 1. The molecular weight excluding hydrogens is 310 g/mol. The molecule has 0 saturated heterocycles. The molecule has 2 amide bonds. The molecule has 1 aliphatic heterocycles. The van der Waals surface area contributed by atoms with E-state index in [0.717, 1.165) is 5.01 Å². The maximum atomic E-state index is 12.3. The van der Waals surface area contributed by atoms with Crippen molar-refractivity contribution < 1.29 is 19.8 Å². The lowest BCUT2D eigenvalue weighted by Crippen LogP contribution is -2.35. The number of fused-ring (bicyclic) bond motifs is 1. The van der Waals surface area contributed by atoms with Crippen LogP contribution in [-0.2, 0) is 0 Å². The number of nitrogens with one attached hydrogen (secondary N) is 1. The number of benzene rings is 1. The first-order valence-corrected chi connectivity index (χ1v) is 5.95. The van der Waals surface area contributed by atoms with Crippen molar-refractivity contribution in [2.75, 3.05) is 12.5 Å². The SMILES string of the molecule is COc1cccc2c1C(=O)N(Nc1ccncc1)C2=O.Cl.O. The van der Waals surface area contributed by atoms with Crippen molar-refractivity contribution >= 4 is 29.9 Å². The fourth-order valence-corrected chi connectivity index (χ4v) is 2.08. The van der Waals surface area contributed by atoms with E-state index in [1.54, 1.807) is 42.7 Å². The Bertz CT molecular complexity index is 694. The van der Waals surface area contributed by atoms with E-state index < -0.39 is 11.8 Å². The molecule has 22 heavy (non-hydrogen) atoms. The van der Waals surface area contributed by atoms with E-state index in [-0.39, 0.29) is 23.4 Å². The predicted molar refractivity (Wildman–Crippen MR) is 82.2 cm³/mol. The molecule has 0 atom stereocenters. The van der Waals surface area contributed by atoms with E-state index in [1.165, 1.54) is 7.11 Å². The van der Waals surface area contributed by atoms with Gasteiger partial charge >= 0.3 is 0 Å². The Morgan fingerprint density at radius 3 is 2.41 bits per heavy atom. The van der Waals surface area contributed by atoms with Gasteiger partial charge < -0.3 is 10.2 Å². The maximum absolute atomic E-state index is 12.3. The normalized spacial score (nSPS) is 12.1. The molecule has 1 aromatic heterocycles. The van der Waals surface area contributed by atoms with E-state index in [4.69, 9.17) is 4.74 Å². The molecule has 0 saturated carbocycles. The standard InChI is InChI=1S/C14H11N3O3.ClH.H2O/c1-20-11-4-2-3-10-12(11)14(19)17(13(10)18)16-9-5-7-15-8-6-9;;/h2-8H,1H3,(H,15,16);1H;1H2. The van der Waals surface area contributed by atoms with Gasteiger partial charge in [-0.2, -0.15) is 5.01 Å². The number of imide groups is 1. The van der Waals surface area contributed by atoms with Gasteiger partial charge in [-0.25, -0.2) is 0 Å². The highest BCUT2D eigenvalue weighted by Crippen LogP contribution is 2.30. The number of carbonyl (C=O) groups excluding carboxylic acids is 2. The summed E-state index contributed by atoms with van der Waals surface area (Å²) < 4.78 is 5.14. The van der Waals surface area contributed by atoms with Gasteiger partial charge in [-0.15, -0.1) is 12.4 Å². The van der Waals surface area contributed by atoms with Gasteiger partial charge in [-0.1, -0.05) is 6.07 Å². The maximum Gasteiger partial charge on any atom is 0.284 e. The van der Waals surface area contributed by atoms with Crippen LogP contribution in [0, 0.1) is 0 Å². The number of pyridine rings is 1. The molecule has 3 rings (SSSR count). The summed E-state index contributed by atoms with van der Waals surface area (Å²) in [6.07, 6.45) is 3.14. The van der Waals surface area contributed by atoms with Gasteiger partial charge in [0.25, 0.3) is 11.8 Å². The number of amides is 2. The molecule has 3 N–H and O–H groups in total. The van der Waals surface area contributed by atoms with Crippen molar-refractivity contribution in [1.82, 2.24) is 9.99 Å². The molecule has 8 heteroatoms. The van der Waals surface area contributed by atoms with Crippen LogP contribution in [0.5, 0.6) is 5.75 Å². The van der Waals surface area contributed by atoms with Gasteiger partial charge in [0.2, 0.25) is 0 Å². The highest BCUT2D eigenvalue weighted by atomic mass is 35.5. The third-order valence-corrected chi connectivity index (χ3v) is 3.02. The molecule has 1 aliphatic rings. The number of rotatable bonds is 3. The van der Waals surface area contributed by atoms with Gasteiger partial charge in [0, 0.05) is 12.4 Å². The lowest BCUT2D eigenvalue weighted by molar-refractivity contribution is 0.0690. The lowest BCUT2D eigenvalue weighted by atomic mass is 10.1. The largest absolute Gasteiger partial charge is 0.496 e. The fraction of sp³-hybridized carbons (Fsp3) is 0.0714. The minimum atomic E-state index is -0.431. The molecule has 2 heterocycles.